The van der Waals surface area contributed by atoms with Crippen molar-refractivity contribution < 1.29 is 4.79 Å². The lowest BCUT2D eigenvalue weighted by Crippen LogP contribution is -2.43. The van der Waals surface area contributed by atoms with E-state index in [0.29, 0.717) is 11.6 Å². The summed E-state index contributed by atoms with van der Waals surface area (Å²) in [5.74, 6) is 0.269. The summed E-state index contributed by atoms with van der Waals surface area (Å²) in [5.41, 5.74) is 0.0423. The van der Waals surface area contributed by atoms with Gasteiger partial charge in [-0.3, -0.25) is 9.59 Å². The highest BCUT2D eigenvalue weighted by atomic mass is 16.2. The van der Waals surface area contributed by atoms with Crippen molar-refractivity contribution in [2.45, 2.75) is 26.3 Å². The molecule has 0 aliphatic heterocycles. The average Bonchev–Trinajstić information content (AvgIpc) is 2.26. The number of aromatic amines is 1. The molecule has 1 aromatic rings. The first-order valence-corrected chi connectivity index (χ1v) is 6.53. The molecule has 1 unspecified atom stereocenters. The molecule has 0 radical (unpaired) electrons. The molecular formula is C14H23N3O2. The smallest absolute Gasteiger partial charge is 0.268 e. The number of aromatic nitrogens is 1. The zero-order valence-corrected chi connectivity index (χ0v) is 12.1. The van der Waals surface area contributed by atoms with E-state index in [1.54, 1.807) is 12.1 Å². The molecule has 1 aromatic heterocycles. The Labute approximate surface area is 114 Å². The van der Waals surface area contributed by atoms with Gasteiger partial charge in [-0.2, -0.15) is 0 Å². The fourth-order valence-electron chi connectivity index (χ4n) is 2.03. The molecule has 1 amide bonds. The SMILES string of the molecule is CC(C)CC(CN(C)C)NC(=O)c1cccc(=O)[nH]1. The van der Waals surface area contributed by atoms with Crippen molar-refractivity contribution in [1.82, 2.24) is 15.2 Å². The second-order valence-electron chi connectivity index (χ2n) is 5.49. The number of hydrogen-bond acceptors (Lipinski definition) is 3. The molecule has 1 heterocycles. The van der Waals surface area contributed by atoms with Gasteiger partial charge in [-0.05, 0) is 32.5 Å². The maximum absolute atomic E-state index is 12.1. The Morgan fingerprint density at radius 2 is 2.05 bits per heavy atom. The summed E-state index contributed by atoms with van der Waals surface area (Å²) < 4.78 is 0. The molecule has 0 fully saturated rings. The van der Waals surface area contributed by atoms with Gasteiger partial charge >= 0.3 is 0 Å². The van der Waals surface area contributed by atoms with Gasteiger partial charge in [-0.15, -0.1) is 0 Å². The number of amides is 1. The second kappa shape index (κ2) is 7.09. The number of nitrogens with one attached hydrogen (secondary N) is 2. The van der Waals surface area contributed by atoms with Crippen molar-refractivity contribution in [2.24, 2.45) is 5.92 Å². The third-order valence-electron chi connectivity index (χ3n) is 2.69. The van der Waals surface area contributed by atoms with E-state index in [9.17, 15) is 9.59 Å². The molecule has 0 aliphatic rings. The molecule has 106 valence electrons. The second-order valence-corrected chi connectivity index (χ2v) is 5.49. The summed E-state index contributed by atoms with van der Waals surface area (Å²) in [6.07, 6.45) is 0.904. The first kappa shape index (κ1) is 15.4. The van der Waals surface area contributed by atoms with Gasteiger partial charge in [-0.1, -0.05) is 19.9 Å². The Hall–Kier alpha value is -1.62. The van der Waals surface area contributed by atoms with Crippen LogP contribution in [0.15, 0.2) is 23.0 Å². The van der Waals surface area contributed by atoms with E-state index in [1.165, 1.54) is 6.07 Å². The Bertz CT molecular complexity index is 456. The molecule has 1 rings (SSSR count). The van der Waals surface area contributed by atoms with Crippen LogP contribution in [-0.4, -0.2) is 42.5 Å². The summed E-state index contributed by atoms with van der Waals surface area (Å²) in [7, 11) is 3.95. The van der Waals surface area contributed by atoms with Crippen molar-refractivity contribution in [3.05, 3.63) is 34.2 Å². The molecule has 5 nitrogen and oxygen atoms in total. The molecule has 0 spiro atoms. The number of carbonyl (C=O) groups is 1. The van der Waals surface area contributed by atoms with Crippen LogP contribution in [0.5, 0.6) is 0 Å². The minimum atomic E-state index is -0.263. The Morgan fingerprint density at radius 1 is 1.37 bits per heavy atom. The lowest BCUT2D eigenvalue weighted by atomic mass is 10.0. The quantitative estimate of drug-likeness (QED) is 0.809. The standard InChI is InChI=1S/C14H23N3O2/c1-10(2)8-11(9-17(3)4)15-14(19)12-6-5-7-13(18)16-12/h5-7,10-11H,8-9H2,1-4H3,(H,15,19)(H,16,18). The number of H-pyrrole nitrogens is 1. The summed E-state index contributed by atoms with van der Waals surface area (Å²) in [5, 5.41) is 2.97. The van der Waals surface area contributed by atoms with Gasteiger partial charge in [0.05, 0.1) is 0 Å². The zero-order valence-electron chi connectivity index (χ0n) is 12.1. The van der Waals surface area contributed by atoms with E-state index in [0.717, 1.165) is 13.0 Å². The molecule has 5 heteroatoms. The topological polar surface area (TPSA) is 65.2 Å². The van der Waals surface area contributed by atoms with Crippen LogP contribution in [0.2, 0.25) is 0 Å². The number of pyridine rings is 1. The van der Waals surface area contributed by atoms with Crippen molar-refractivity contribution >= 4 is 5.91 Å². The monoisotopic (exact) mass is 265 g/mol. The Kier molecular flexibility index (Phi) is 5.76. The first-order valence-electron chi connectivity index (χ1n) is 6.53. The van der Waals surface area contributed by atoms with E-state index in [-0.39, 0.29) is 17.5 Å². The molecule has 0 aromatic carbocycles. The third-order valence-corrected chi connectivity index (χ3v) is 2.69. The summed E-state index contributed by atoms with van der Waals surface area (Å²) >= 11 is 0. The van der Waals surface area contributed by atoms with E-state index in [1.807, 2.05) is 19.0 Å². The van der Waals surface area contributed by atoms with Crippen LogP contribution in [0, 0.1) is 5.92 Å². The first-order chi connectivity index (χ1) is 8.88. The van der Waals surface area contributed by atoms with E-state index >= 15 is 0 Å². The molecule has 2 N–H and O–H groups in total. The highest BCUT2D eigenvalue weighted by molar-refractivity contribution is 5.92. The van der Waals surface area contributed by atoms with Crippen LogP contribution >= 0.6 is 0 Å². The van der Waals surface area contributed by atoms with Crippen molar-refractivity contribution in [1.29, 1.82) is 0 Å². The molecular weight excluding hydrogens is 242 g/mol. The van der Waals surface area contributed by atoms with E-state index in [2.05, 4.69) is 24.1 Å². The predicted molar refractivity (Wildman–Crippen MR) is 76.3 cm³/mol. The zero-order chi connectivity index (χ0) is 14.4. The summed E-state index contributed by atoms with van der Waals surface area (Å²) in [6, 6.07) is 4.66. The van der Waals surface area contributed by atoms with Crippen LogP contribution in [0.1, 0.15) is 30.8 Å². The summed E-state index contributed by atoms with van der Waals surface area (Å²) in [6.45, 7) is 5.03. The maximum Gasteiger partial charge on any atom is 0.268 e. The Morgan fingerprint density at radius 3 is 2.58 bits per heavy atom. The van der Waals surface area contributed by atoms with Crippen LogP contribution in [0.25, 0.3) is 0 Å². The fourth-order valence-corrected chi connectivity index (χ4v) is 2.03. The lowest BCUT2D eigenvalue weighted by molar-refractivity contribution is 0.0919. The fraction of sp³-hybridized carbons (Fsp3) is 0.571. The van der Waals surface area contributed by atoms with Crippen LogP contribution in [-0.2, 0) is 0 Å². The number of hydrogen-bond donors (Lipinski definition) is 2. The van der Waals surface area contributed by atoms with Crippen molar-refractivity contribution in [2.75, 3.05) is 20.6 Å². The molecule has 0 bridgehead atoms. The van der Waals surface area contributed by atoms with Gasteiger partial charge < -0.3 is 15.2 Å². The van der Waals surface area contributed by atoms with Crippen molar-refractivity contribution in [3.8, 4) is 0 Å². The number of likely N-dealkylation sites (N-methyl/N-ethyl adjacent to an activating group) is 1. The van der Waals surface area contributed by atoms with Gasteiger partial charge in [0.1, 0.15) is 5.69 Å². The van der Waals surface area contributed by atoms with Crippen LogP contribution in [0.4, 0.5) is 0 Å². The minimum absolute atomic E-state index is 0.0752. The molecule has 0 saturated carbocycles. The Balaban J connectivity index is 2.72. The third kappa shape index (κ3) is 5.70. The molecule has 0 aliphatic carbocycles. The lowest BCUT2D eigenvalue weighted by Gasteiger charge is -2.23. The van der Waals surface area contributed by atoms with Crippen molar-refractivity contribution in [3.63, 3.8) is 0 Å². The summed E-state index contributed by atoms with van der Waals surface area (Å²) in [4.78, 5) is 27.8. The van der Waals surface area contributed by atoms with E-state index < -0.39 is 0 Å². The number of rotatable bonds is 6. The van der Waals surface area contributed by atoms with Crippen LogP contribution < -0.4 is 10.9 Å². The van der Waals surface area contributed by atoms with Gasteiger partial charge in [0, 0.05) is 18.7 Å². The minimum Gasteiger partial charge on any atom is -0.347 e. The van der Waals surface area contributed by atoms with Gasteiger partial charge in [0.2, 0.25) is 5.56 Å². The van der Waals surface area contributed by atoms with Gasteiger partial charge in [-0.25, -0.2) is 0 Å². The molecule has 1 atom stereocenters. The highest BCUT2D eigenvalue weighted by Gasteiger charge is 2.16. The predicted octanol–water partition coefficient (Wildman–Crippen LogP) is 1.08. The van der Waals surface area contributed by atoms with Gasteiger partial charge in [0.25, 0.3) is 5.91 Å². The number of carbonyl (C=O) groups excluding carboxylic acids is 1. The highest BCUT2D eigenvalue weighted by Crippen LogP contribution is 2.06. The van der Waals surface area contributed by atoms with Gasteiger partial charge in [0.15, 0.2) is 0 Å². The van der Waals surface area contributed by atoms with Crippen LogP contribution in [0.3, 0.4) is 0 Å². The number of nitrogens with zero attached hydrogens (tertiary/aromatic N) is 1. The maximum atomic E-state index is 12.1. The average molecular weight is 265 g/mol. The van der Waals surface area contributed by atoms with E-state index in [4.69, 9.17) is 0 Å². The molecule has 19 heavy (non-hydrogen) atoms. The normalized spacial score (nSPS) is 12.7. The largest absolute Gasteiger partial charge is 0.347 e. The molecule has 0 saturated heterocycles.